The first-order valence-corrected chi connectivity index (χ1v) is 11.7. The number of nitrogens with zero attached hydrogens (tertiary/aromatic N) is 4. The van der Waals surface area contributed by atoms with E-state index in [1.807, 2.05) is 51.1 Å². The lowest BCUT2D eigenvalue weighted by molar-refractivity contribution is -0.118. The summed E-state index contributed by atoms with van der Waals surface area (Å²) in [5.41, 5.74) is 6.18. The molecule has 0 bridgehead atoms. The normalized spacial score (nSPS) is 15.1. The Kier molecular flexibility index (Phi) is 6.20. The number of carbonyl (C=O) groups is 1. The van der Waals surface area contributed by atoms with Gasteiger partial charge in [-0.25, -0.2) is 0 Å². The summed E-state index contributed by atoms with van der Waals surface area (Å²) in [5, 5.41) is 9.46. The predicted octanol–water partition coefficient (Wildman–Crippen LogP) is 5.66. The summed E-state index contributed by atoms with van der Waals surface area (Å²) in [7, 11) is 0. The van der Waals surface area contributed by atoms with Crippen molar-refractivity contribution in [3.8, 4) is 17.1 Å². The fourth-order valence-electron chi connectivity index (χ4n) is 3.95. The zero-order valence-corrected chi connectivity index (χ0v) is 20.2. The minimum absolute atomic E-state index is 0.111. The fraction of sp³-hybridized carbons (Fsp3) is 0.360. The van der Waals surface area contributed by atoms with Crippen LogP contribution in [0.3, 0.4) is 0 Å². The lowest BCUT2D eigenvalue weighted by atomic mass is 10.00. The molecule has 0 spiro atoms. The molecule has 1 atom stereocenters. The smallest absolute Gasteiger partial charge is 0.247 e. The number of anilines is 1. The molecule has 0 saturated heterocycles. The van der Waals surface area contributed by atoms with Crippen molar-refractivity contribution in [3.05, 3.63) is 58.7 Å². The Hall–Kier alpha value is -2.93. The Bertz CT molecular complexity index is 1180. The Morgan fingerprint density at radius 3 is 2.59 bits per heavy atom. The van der Waals surface area contributed by atoms with Gasteiger partial charge >= 0.3 is 0 Å². The molecule has 2 heterocycles. The molecule has 1 unspecified atom stereocenters. The van der Waals surface area contributed by atoms with Crippen molar-refractivity contribution in [1.29, 1.82) is 0 Å². The summed E-state index contributed by atoms with van der Waals surface area (Å²) in [6, 6.07) is 12.1. The van der Waals surface area contributed by atoms with Crippen molar-refractivity contribution in [3.63, 3.8) is 0 Å². The summed E-state index contributed by atoms with van der Waals surface area (Å²) in [5.74, 6) is 1.67. The van der Waals surface area contributed by atoms with Crippen LogP contribution in [0, 0.1) is 26.7 Å². The van der Waals surface area contributed by atoms with E-state index in [0.29, 0.717) is 22.6 Å². The predicted molar refractivity (Wildman–Crippen MR) is 128 cm³/mol. The molecule has 1 aliphatic rings. The van der Waals surface area contributed by atoms with E-state index in [0.717, 1.165) is 39.3 Å². The number of thioether (sulfide) groups is 1. The van der Waals surface area contributed by atoms with E-state index in [2.05, 4.69) is 30.1 Å². The standard InChI is InChI=1S/C25H28N4O2S/c1-14(2)13-32-25-26-23-21(27-28-25)20-12-16(4)10-17(5)22(20)29(18(6)30)24(31-23)19-9-7-8-15(3)11-19/h7-12,14,24H,13H2,1-6H3. The van der Waals surface area contributed by atoms with Gasteiger partial charge in [-0.3, -0.25) is 9.69 Å². The second-order valence-electron chi connectivity index (χ2n) is 8.70. The number of hydrogen-bond donors (Lipinski definition) is 0. The number of benzene rings is 2. The van der Waals surface area contributed by atoms with E-state index in [9.17, 15) is 4.79 Å². The molecule has 7 heteroatoms. The second-order valence-corrected chi connectivity index (χ2v) is 9.69. The number of rotatable bonds is 4. The third kappa shape index (κ3) is 4.35. The first-order chi connectivity index (χ1) is 15.2. The fourth-order valence-corrected chi connectivity index (χ4v) is 4.68. The molecule has 0 aliphatic carbocycles. The lowest BCUT2D eigenvalue weighted by Crippen LogP contribution is -2.36. The van der Waals surface area contributed by atoms with Crippen LogP contribution in [0.15, 0.2) is 41.6 Å². The Morgan fingerprint density at radius 2 is 1.91 bits per heavy atom. The second kappa shape index (κ2) is 8.90. The van der Waals surface area contributed by atoms with Crippen LogP contribution >= 0.6 is 11.8 Å². The molecule has 1 aromatic heterocycles. The highest BCUT2D eigenvalue weighted by Gasteiger charge is 2.35. The zero-order chi connectivity index (χ0) is 23.0. The molecule has 166 valence electrons. The van der Waals surface area contributed by atoms with Crippen molar-refractivity contribution in [1.82, 2.24) is 15.2 Å². The molecule has 1 amide bonds. The number of carbonyl (C=O) groups excluding carboxylic acids is 1. The average molecular weight is 449 g/mol. The Morgan fingerprint density at radius 1 is 1.12 bits per heavy atom. The first kappa shape index (κ1) is 22.3. The number of amides is 1. The highest BCUT2D eigenvalue weighted by molar-refractivity contribution is 7.99. The van der Waals surface area contributed by atoms with Gasteiger partial charge in [0.05, 0.1) is 5.69 Å². The number of ether oxygens (including phenoxy) is 1. The number of aromatic nitrogens is 3. The molecule has 6 nitrogen and oxygen atoms in total. The van der Waals surface area contributed by atoms with Gasteiger partial charge in [-0.15, -0.1) is 10.2 Å². The molecular formula is C25H28N4O2S. The Balaban J connectivity index is 1.95. The Labute approximate surface area is 193 Å². The lowest BCUT2D eigenvalue weighted by Gasteiger charge is -2.31. The average Bonchev–Trinajstić information content (AvgIpc) is 2.87. The summed E-state index contributed by atoms with van der Waals surface area (Å²) in [4.78, 5) is 19.4. The molecule has 1 aliphatic heterocycles. The van der Waals surface area contributed by atoms with Crippen molar-refractivity contribution < 1.29 is 9.53 Å². The maximum Gasteiger partial charge on any atom is 0.247 e. The zero-order valence-electron chi connectivity index (χ0n) is 19.3. The van der Waals surface area contributed by atoms with Crippen LogP contribution in [-0.4, -0.2) is 26.8 Å². The molecular weight excluding hydrogens is 420 g/mol. The van der Waals surface area contributed by atoms with Crippen LogP contribution in [0.4, 0.5) is 5.69 Å². The van der Waals surface area contributed by atoms with Crippen LogP contribution in [-0.2, 0) is 4.79 Å². The third-order valence-corrected chi connectivity index (χ3v) is 6.51. The van der Waals surface area contributed by atoms with Crippen LogP contribution in [0.25, 0.3) is 11.3 Å². The number of fused-ring (bicyclic) bond motifs is 3. The van der Waals surface area contributed by atoms with Crippen molar-refractivity contribution in [2.45, 2.75) is 52.9 Å². The minimum atomic E-state index is -0.659. The number of hydrogen-bond acceptors (Lipinski definition) is 6. The molecule has 0 N–H and O–H groups in total. The van der Waals surface area contributed by atoms with Gasteiger partial charge in [0.25, 0.3) is 0 Å². The van der Waals surface area contributed by atoms with E-state index in [-0.39, 0.29) is 5.91 Å². The van der Waals surface area contributed by atoms with Gasteiger partial charge < -0.3 is 4.74 Å². The van der Waals surface area contributed by atoms with Gasteiger partial charge in [-0.2, -0.15) is 4.98 Å². The number of aryl methyl sites for hydroxylation is 3. The summed E-state index contributed by atoms with van der Waals surface area (Å²) in [6.45, 7) is 11.9. The molecule has 0 saturated carbocycles. The van der Waals surface area contributed by atoms with Gasteiger partial charge in [-0.05, 0) is 38.3 Å². The van der Waals surface area contributed by atoms with Crippen LogP contribution in [0.5, 0.6) is 5.88 Å². The largest absolute Gasteiger partial charge is 0.447 e. The van der Waals surface area contributed by atoms with Crippen molar-refractivity contribution >= 4 is 23.4 Å². The maximum atomic E-state index is 13.0. The molecule has 0 fully saturated rings. The summed E-state index contributed by atoms with van der Waals surface area (Å²) < 4.78 is 6.47. The van der Waals surface area contributed by atoms with Crippen LogP contribution in [0.2, 0.25) is 0 Å². The maximum absolute atomic E-state index is 13.0. The van der Waals surface area contributed by atoms with E-state index in [1.165, 1.54) is 0 Å². The minimum Gasteiger partial charge on any atom is -0.447 e. The molecule has 2 aromatic carbocycles. The van der Waals surface area contributed by atoms with Crippen molar-refractivity contribution in [2.24, 2.45) is 5.92 Å². The first-order valence-electron chi connectivity index (χ1n) is 10.8. The summed E-state index contributed by atoms with van der Waals surface area (Å²) in [6.07, 6.45) is -0.659. The van der Waals surface area contributed by atoms with Gasteiger partial charge in [0.2, 0.25) is 23.2 Å². The SMILES string of the molecule is CC(=O)N1c2c(C)cc(C)cc2-c2nnc(SCC(C)C)nc2OC1c1cccc(C)c1. The summed E-state index contributed by atoms with van der Waals surface area (Å²) >= 11 is 1.56. The van der Waals surface area contributed by atoms with Gasteiger partial charge in [0.15, 0.2) is 5.69 Å². The molecule has 4 rings (SSSR count). The highest BCUT2D eigenvalue weighted by atomic mass is 32.2. The van der Waals surface area contributed by atoms with Crippen molar-refractivity contribution in [2.75, 3.05) is 10.7 Å². The van der Waals surface area contributed by atoms with Gasteiger partial charge in [-0.1, -0.05) is 67.1 Å². The van der Waals surface area contributed by atoms with Gasteiger partial charge in [0, 0.05) is 23.8 Å². The topological polar surface area (TPSA) is 68.2 Å². The van der Waals surface area contributed by atoms with E-state index >= 15 is 0 Å². The molecule has 3 aromatic rings. The highest BCUT2D eigenvalue weighted by Crippen LogP contribution is 2.45. The van der Waals surface area contributed by atoms with E-state index in [4.69, 9.17) is 9.72 Å². The van der Waals surface area contributed by atoms with Gasteiger partial charge in [0.1, 0.15) is 0 Å². The van der Waals surface area contributed by atoms with E-state index < -0.39 is 6.23 Å². The van der Waals surface area contributed by atoms with E-state index in [1.54, 1.807) is 23.6 Å². The third-order valence-electron chi connectivity index (χ3n) is 5.25. The quantitative estimate of drug-likeness (QED) is 0.480. The van der Waals surface area contributed by atoms with Crippen LogP contribution < -0.4 is 9.64 Å². The van der Waals surface area contributed by atoms with Crippen LogP contribution in [0.1, 0.15) is 49.3 Å². The molecule has 32 heavy (non-hydrogen) atoms. The monoisotopic (exact) mass is 448 g/mol. The molecule has 0 radical (unpaired) electrons.